The SMILES string of the molecule is C[C@@H](Oc1ccc(Cl)cc1)C(=O)NCc1ccc(N2CCCCC2)cc1. The minimum atomic E-state index is -0.566. The Morgan fingerprint density at radius 3 is 2.38 bits per heavy atom. The number of carbonyl (C=O) groups is 1. The van der Waals surface area contributed by atoms with Crippen LogP contribution in [0.15, 0.2) is 48.5 Å². The number of amides is 1. The van der Waals surface area contributed by atoms with Crippen LogP contribution in [0.1, 0.15) is 31.7 Å². The van der Waals surface area contributed by atoms with Gasteiger partial charge in [0.25, 0.3) is 5.91 Å². The lowest BCUT2D eigenvalue weighted by Gasteiger charge is -2.28. The van der Waals surface area contributed by atoms with Crippen LogP contribution >= 0.6 is 11.6 Å². The van der Waals surface area contributed by atoms with Crippen LogP contribution in [-0.2, 0) is 11.3 Å². The summed E-state index contributed by atoms with van der Waals surface area (Å²) in [6.45, 7) is 4.50. The van der Waals surface area contributed by atoms with E-state index in [0.29, 0.717) is 17.3 Å². The van der Waals surface area contributed by atoms with Crippen molar-refractivity contribution in [3.8, 4) is 5.75 Å². The Morgan fingerprint density at radius 1 is 1.08 bits per heavy atom. The molecule has 1 fully saturated rings. The first-order chi connectivity index (χ1) is 12.6. The third-order valence-corrected chi connectivity index (χ3v) is 4.87. The van der Waals surface area contributed by atoms with E-state index in [0.717, 1.165) is 18.7 Å². The molecule has 0 aliphatic carbocycles. The van der Waals surface area contributed by atoms with Crippen molar-refractivity contribution in [2.75, 3.05) is 18.0 Å². The van der Waals surface area contributed by atoms with Crippen molar-refractivity contribution >= 4 is 23.2 Å². The quantitative estimate of drug-likeness (QED) is 0.816. The van der Waals surface area contributed by atoms with Crippen molar-refractivity contribution in [3.05, 3.63) is 59.1 Å². The smallest absolute Gasteiger partial charge is 0.261 e. The topological polar surface area (TPSA) is 41.6 Å². The molecule has 1 amide bonds. The molecule has 1 heterocycles. The largest absolute Gasteiger partial charge is 0.481 e. The molecule has 0 radical (unpaired) electrons. The first-order valence-corrected chi connectivity index (χ1v) is 9.53. The number of nitrogens with zero attached hydrogens (tertiary/aromatic N) is 1. The fourth-order valence-corrected chi connectivity index (χ4v) is 3.21. The van der Waals surface area contributed by atoms with E-state index in [9.17, 15) is 4.79 Å². The van der Waals surface area contributed by atoms with Gasteiger partial charge in [-0.1, -0.05) is 23.7 Å². The Morgan fingerprint density at radius 2 is 1.73 bits per heavy atom. The zero-order valence-corrected chi connectivity index (χ0v) is 15.8. The molecule has 2 aromatic carbocycles. The molecule has 1 saturated heterocycles. The molecule has 2 aromatic rings. The van der Waals surface area contributed by atoms with Crippen LogP contribution in [-0.4, -0.2) is 25.1 Å². The number of hydrogen-bond donors (Lipinski definition) is 1. The number of anilines is 1. The summed E-state index contributed by atoms with van der Waals surface area (Å²) in [6.07, 6.45) is 3.30. The van der Waals surface area contributed by atoms with E-state index in [4.69, 9.17) is 16.3 Å². The van der Waals surface area contributed by atoms with E-state index >= 15 is 0 Å². The highest BCUT2D eigenvalue weighted by atomic mass is 35.5. The van der Waals surface area contributed by atoms with Gasteiger partial charge in [-0.05, 0) is 68.1 Å². The molecular formula is C21H25ClN2O2. The van der Waals surface area contributed by atoms with Gasteiger partial charge < -0.3 is 15.0 Å². The molecular weight excluding hydrogens is 348 g/mol. The molecule has 1 atom stereocenters. The third kappa shape index (κ3) is 5.15. The van der Waals surface area contributed by atoms with Crippen LogP contribution in [0.2, 0.25) is 5.02 Å². The summed E-state index contributed by atoms with van der Waals surface area (Å²) in [6, 6.07) is 15.4. The number of nitrogens with one attached hydrogen (secondary N) is 1. The molecule has 5 heteroatoms. The summed E-state index contributed by atoms with van der Waals surface area (Å²) in [4.78, 5) is 14.7. The van der Waals surface area contributed by atoms with Gasteiger partial charge in [-0.25, -0.2) is 0 Å². The van der Waals surface area contributed by atoms with E-state index < -0.39 is 6.10 Å². The number of piperidine rings is 1. The normalized spacial score (nSPS) is 15.4. The molecule has 26 heavy (non-hydrogen) atoms. The lowest BCUT2D eigenvalue weighted by molar-refractivity contribution is -0.127. The number of ether oxygens (including phenoxy) is 1. The van der Waals surface area contributed by atoms with E-state index in [1.165, 1.54) is 24.9 Å². The van der Waals surface area contributed by atoms with Gasteiger partial charge in [0.2, 0.25) is 0 Å². The fourth-order valence-electron chi connectivity index (χ4n) is 3.08. The van der Waals surface area contributed by atoms with Gasteiger partial charge in [0, 0.05) is 30.3 Å². The minimum Gasteiger partial charge on any atom is -0.481 e. The first kappa shape index (κ1) is 18.6. The third-order valence-electron chi connectivity index (χ3n) is 4.62. The van der Waals surface area contributed by atoms with Crippen molar-refractivity contribution in [1.29, 1.82) is 0 Å². The van der Waals surface area contributed by atoms with Crippen LogP contribution in [0.4, 0.5) is 5.69 Å². The summed E-state index contributed by atoms with van der Waals surface area (Å²) in [5, 5.41) is 3.57. The molecule has 1 N–H and O–H groups in total. The molecule has 0 unspecified atom stereocenters. The molecule has 1 aliphatic heterocycles. The molecule has 0 saturated carbocycles. The monoisotopic (exact) mass is 372 g/mol. The fraction of sp³-hybridized carbons (Fsp3) is 0.381. The van der Waals surface area contributed by atoms with E-state index in [2.05, 4.69) is 34.5 Å². The lowest BCUT2D eigenvalue weighted by Crippen LogP contribution is -2.35. The zero-order chi connectivity index (χ0) is 18.4. The van der Waals surface area contributed by atoms with Crippen LogP contribution < -0.4 is 15.0 Å². The average molecular weight is 373 g/mol. The number of carbonyl (C=O) groups excluding carboxylic acids is 1. The molecule has 0 aromatic heterocycles. The maximum atomic E-state index is 12.2. The van der Waals surface area contributed by atoms with Crippen molar-refractivity contribution < 1.29 is 9.53 Å². The van der Waals surface area contributed by atoms with Crippen LogP contribution in [0, 0.1) is 0 Å². The van der Waals surface area contributed by atoms with E-state index in [1.807, 2.05) is 0 Å². The van der Waals surface area contributed by atoms with Gasteiger partial charge >= 0.3 is 0 Å². The average Bonchev–Trinajstić information content (AvgIpc) is 2.69. The molecule has 4 nitrogen and oxygen atoms in total. The van der Waals surface area contributed by atoms with Crippen LogP contribution in [0.25, 0.3) is 0 Å². The highest BCUT2D eigenvalue weighted by Crippen LogP contribution is 2.20. The molecule has 3 rings (SSSR count). The summed E-state index contributed by atoms with van der Waals surface area (Å²) >= 11 is 5.85. The Labute approximate surface area is 160 Å². The molecule has 0 spiro atoms. The van der Waals surface area contributed by atoms with Crippen molar-refractivity contribution in [2.24, 2.45) is 0 Å². The number of rotatable bonds is 6. The Hall–Kier alpha value is -2.20. The maximum Gasteiger partial charge on any atom is 0.261 e. The van der Waals surface area contributed by atoms with Gasteiger partial charge in [0.05, 0.1) is 0 Å². The number of benzene rings is 2. The standard InChI is InChI=1S/C21H25ClN2O2/c1-16(26-20-11-7-18(22)8-12-20)21(25)23-15-17-5-9-19(10-6-17)24-13-3-2-4-14-24/h5-12,16H,2-4,13-15H2,1H3,(H,23,25)/t16-/m1/s1. The van der Waals surface area contributed by atoms with E-state index in [-0.39, 0.29) is 5.91 Å². The van der Waals surface area contributed by atoms with Crippen molar-refractivity contribution in [2.45, 2.75) is 38.8 Å². The van der Waals surface area contributed by atoms with Crippen molar-refractivity contribution in [3.63, 3.8) is 0 Å². The summed E-state index contributed by atoms with van der Waals surface area (Å²) in [5.41, 5.74) is 2.34. The Bertz CT molecular complexity index is 710. The Balaban J connectivity index is 1.48. The Kier molecular flexibility index (Phi) is 6.40. The summed E-state index contributed by atoms with van der Waals surface area (Å²) in [5.74, 6) is 0.489. The van der Waals surface area contributed by atoms with Gasteiger partial charge in [0.1, 0.15) is 5.75 Å². The van der Waals surface area contributed by atoms with Gasteiger partial charge in [0.15, 0.2) is 6.10 Å². The maximum absolute atomic E-state index is 12.2. The highest BCUT2D eigenvalue weighted by molar-refractivity contribution is 6.30. The van der Waals surface area contributed by atoms with Crippen LogP contribution in [0.5, 0.6) is 5.75 Å². The second-order valence-electron chi connectivity index (χ2n) is 6.65. The predicted octanol–water partition coefficient (Wildman–Crippen LogP) is 4.41. The van der Waals surface area contributed by atoms with Gasteiger partial charge in [-0.3, -0.25) is 4.79 Å². The van der Waals surface area contributed by atoms with E-state index in [1.54, 1.807) is 31.2 Å². The lowest BCUT2D eigenvalue weighted by atomic mass is 10.1. The summed E-state index contributed by atoms with van der Waals surface area (Å²) < 4.78 is 5.64. The zero-order valence-electron chi connectivity index (χ0n) is 15.1. The minimum absolute atomic E-state index is 0.139. The molecule has 138 valence electrons. The highest BCUT2D eigenvalue weighted by Gasteiger charge is 2.15. The van der Waals surface area contributed by atoms with Gasteiger partial charge in [-0.2, -0.15) is 0 Å². The molecule has 0 bridgehead atoms. The van der Waals surface area contributed by atoms with Crippen LogP contribution in [0.3, 0.4) is 0 Å². The summed E-state index contributed by atoms with van der Waals surface area (Å²) in [7, 11) is 0. The predicted molar refractivity (Wildman–Crippen MR) is 106 cm³/mol. The second kappa shape index (κ2) is 8.95. The second-order valence-corrected chi connectivity index (χ2v) is 7.08. The molecule has 1 aliphatic rings. The van der Waals surface area contributed by atoms with Crippen molar-refractivity contribution in [1.82, 2.24) is 5.32 Å². The van der Waals surface area contributed by atoms with Gasteiger partial charge in [-0.15, -0.1) is 0 Å². The first-order valence-electron chi connectivity index (χ1n) is 9.15. The number of hydrogen-bond acceptors (Lipinski definition) is 3. The number of halogens is 1.